The van der Waals surface area contributed by atoms with E-state index in [1.54, 1.807) is 0 Å². The van der Waals surface area contributed by atoms with Crippen LogP contribution in [0.4, 0.5) is 10.9 Å². The van der Waals surface area contributed by atoms with Gasteiger partial charge in [0, 0.05) is 12.6 Å². The van der Waals surface area contributed by atoms with Crippen molar-refractivity contribution in [2.45, 2.75) is 38.6 Å². The van der Waals surface area contributed by atoms with E-state index in [0.717, 1.165) is 18.0 Å². The summed E-state index contributed by atoms with van der Waals surface area (Å²) in [6, 6.07) is 0.525. The van der Waals surface area contributed by atoms with Crippen molar-refractivity contribution in [3.8, 4) is 0 Å². The van der Waals surface area contributed by atoms with E-state index in [1.807, 2.05) is 0 Å². The zero-order valence-electron chi connectivity index (χ0n) is 9.95. The predicted molar refractivity (Wildman–Crippen MR) is 70.4 cm³/mol. The minimum atomic E-state index is -0.114. The van der Waals surface area contributed by atoms with Gasteiger partial charge >= 0.3 is 0 Å². The van der Waals surface area contributed by atoms with Crippen molar-refractivity contribution in [3.63, 3.8) is 0 Å². The number of nitrogens with two attached hydrogens (primary N) is 1. The van der Waals surface area contributed by atoms with Crippen molar-refractivity contribution in [3.05, 3.63) is 4.88 Å². The van der Waals surface area contributed by atoms with Crippen molar-refractivity contribution in [2.75, 3.05) is 17.6 Å². The minimum Gasteiger partial charge on any atom is -0.382 e. The molecular formula is C11H18N4OS. The molecule has 0 saturated heterocycles. The molecule has 1 aromatic rings. The van der Waals surface area contributed by atoms with Crippen LogP contribution in [0.1, 0.15) is 42.3 Å². The summed E-state index contributed by atoms with van der Waals surface area (Å²) in [4.78, 5) is 16.5. The highest BCUT2D eigenvalue weighted by atomic mass is 32.1. The molecule has 0 spiro atoms. The lowest BCUT2D eigenvalue weighted by Crippen LogP contribution is -2.24. The number of nitrogens with one attached hydrogen (secondary N) is 2. The van der Waals surface area contributed by atoms with Crippen molar-refractivity contribution in [1.29, 1.82) is 0 Å². The van der Waals surface area contributed by atoms with Crippen LogP contribution in [0.2, 0.25) is 0 Å². The Labute approximate surface area is 105 Å². The van der Waals surface area contributed by atoms with Gasteiger partial charge in [-0.15, -0.1) is 0 Å². The maximum Gasteiger partial charge on any atom is 0.265 e. The Morgan fingerprint density at radius 1 is 1.59 bits per heavy atom. The number of hydrogen-bond donors (Lipinski definition) is 3. The maximum absolute atomic E-state index is 11.8. The lowest BCUT2D eigenvalue weighted by molar-refractivity contribution is 0.0958. The second-order valence-electron chi connectivity index (χ2n) is 4.26. The summed E-state index contributed by atoms with van der Waals surface area (Å²) < 4.78 is 0. The number of nitrogens with zero attached hydrogens (tertiary/aromatic N) is 1. The summed E-state index contributed by atoms with van der Waals surface area (Å²) >= 11 is 1.33. The van der Waals surface area contributed by atoms with Crippen LogP contribution in [0.5, 0.6) is 0 Å². The quantitative estimate of drug-likeness (QED) is 0.677. The third-order valence-corrected chi connectivity index (χ3v) is 3.58. The molecule has 1 amide bonds. The van der Waals surface area contributed by atoms with E-state index in [9.17, 15) is 4.79 Å². The Kier molecular flexibility index (Phi) is 3.83. The number of hydrogen-bond acceptors (Lipinski definition) is 5. The molecule has 94 valence electrons. The molecule has 0 aliphatic heterocycles. The summed E-state index contributed by atoms with van der Waals surface area (Å²) in [5.74, 6) is 0.212. The molecule has 2 rings (SSSR count). The summed E-state index contributed by atoms with van der Waals surface area (Å²) in [7, 11) is 0. The van der Waals surface area contributed by atoms with Gasteiger partial charge in [0.25, 0.3) is 5.91 Å². The average Bonchev–Trinajstić information content (AvgIpc) is 3.02. The molecule has 1 heterocycles. The second kappa shape index (κ2) is 5.35. The third kappa shape index (κ3) is 3.33. The zero-order valence-corrected chi connectivity index (χ0v) is 10.8. The molecule has 1 aromatic heterocycles. The van der Waals surface area contributed by atoms with Crippen LogP contribution in [0.25, 0.3) is 0 Å². The number of amides is 1. The largest absolute Gasteiger partial charge is 0.382 e. The van der Waals surface area contributed by atoms with Crippen LogP contribution in [-0.2, 0) is 0 Å². The van der Waals surface area contributed by atoms with Crippen molar-refractivity contribution >= 4 is 28.2 Å². The summed E-state index contributed by atoms with van der Waals surface area (Å²) in [5.41, 5.74) is 5.74. The highest BCUT2D eigenvalue weighted by Crippen LogP contribution is 2.30. The Morgan fingerprint density at radius 3 is 3.00 bits per heavy atom. The van der Waals surface area contributed by atoms with Crippen LogP contribution in [0.3, 0.4) is 0 Å². The number of aromatic nitrogens is 1. The molecule has 17 heavy (non-hydrogen) atoms. The fraction of sp³-hybridized carbons (Fsp3) is 0.636. The summed E-state index contributed by atoms with van der Waals surface area (Å²) in [6.45, 7) is 2.78. The van der Waals surface area contributed by atoms with E-state index in [-0.39, 0.29) is 5.91 Å². The molecule has 1 aliphatic carbocycles. The first-order valence-electron chi connectivity index (χ1n) is 6.01. The topological polar surface area (TPSA) is 80.0 Å². The van der Waals surface area contributed by atoms with Crippen molar-refractivity contribution in [1.82, 2.24) is 10.3 Å². The molecule has 0 bridgehead atoms. The highest BCUT2D eigenvalue weighted by molar-refractivity contribution is 7.18. The van der Waals surface area contributed by atoms with Gasteiger partial charge in [0.1, 0.15) is 10.7 Å². The van der Waals surface area contributed by atoms with Crippen LogP contribution < -0.4 is 16.4 Å². The predicted octanol–water partition coefficient (Wildman–Crippen LogP) is 1.83. The first-order chi connectivity index (χ1) is 8.20. The Morgan fingerprint density at radius 2 is 2.35 bits per heavy atom. The number of rotatable bonds is 6. The molecule has 0 aromatic carbocycles. The molecule has 6 heteroatoms. The lowest BCUT2D eigenvalue weighted by atomic mass is 10.3. The fourth-order valence-corrected chi connectivity index (χ4v) is 2.30. The van der Waals surface area contributed by atoms with Crippen molar-refractivity contribution in [2.24, 2.45) is 0 Å². The zero-order chi connectivity index (χ0) is 12.3. The van der Waals surface area contributed by atoms with E-state index in [1.165, 1.54) is 24.2 Å². The monoisotopic (exact) mass is 254 g/mol. The minimum absolute atomic E-state index is 0.114. The third-order valence-electron chi connectivity index (χ3n) is 2.58. The molecule has 5 nitrogen and oxygen atoms in total. The number of thiazole rings is 1. The lowest BCUT2D eigenvalue weighted by Gasteiger charge is -2.01. The Hall–Kier alpha value is -1.30. The van der Waals surface area contributed by atoms with Gasteiger partial charge in [0.2, 0.25) is 0 Å². The first kappa shape index (κ1) is 12.2. The maximum atomic E-state index is 11.8. The second-order valence-corrected chi connectivity index (χ2v) is 5.26. The van der Waals surface area contributed by atoms with Crippen LogP contribution in [-0.4, -0.2) is 23.5 Å². The first-order valence-corrected chi connectivity index (χ1v) is 6.83. The summed E-state index contributed by atoms with van der Waals surface area (Å²) in [5, 5.41) is 6.85. The average molecular weight is 254 g/mol. The van der Waals surface area contributed by atoms with E-state index < -0.39 is 0 Å². The number of anilines is 2. The smallest absolute Gasteiger partial charge is 0.265 e. The van der Waals surface area contributed by atoms with Crippen LogP contribution in [0.15, 0.2) is 0 Å². The van der Waals surface area contributed by atoms with Gasteiger partial charge in [-0.3, -0.25) is 4.79 Å². The van der Waals surface area contributed by atoms with E-state index in [4.69, 9.17) is 5.73 Å². The van der Waals surface area contributed by atoms with Crippen LogP contribution >= 0.6 is 11.3 Å². The van der Waals surface area contributed by atoms with Gasteiger partial charge < -0.3 is 16.4 Å². The molecule has 1 saturated carbocycles. The van der Waals surface area contributed by atoms with Gasteiger partial charge in [-0.1, -0.05) is 24.7 Å². The number of carbonyl (C=O) groups excluding carboxylic acids is 1. The Bertz CT molecular complexity index is 400. The van der Waals surface area contributed by atoms with E-state index in [0.29, 0.717) is 23.3 Å². The number of carbonyl (C=O) groups is 1. The number of nitrogen functional groups attached to an aromatic ring is 1. The van der Waals surface area contributed by atoms with Crippen molar-refractivity contribution < 1.29 is 4.79 Å². The standard InChI is InChI=1S/C11H18N4OS/c1-2-3-6-13-10(16)8-9(12)15-11(17-8)14-7-4-5-7/h7H,2-6,12H2,1H3,(H,13,16)(H,14,15). The molecular weight excluding hydrogens is 236 g/mol. The molecule has 0 unspecified atom stereocenters. The van der Waals surface area contributed by atoms with Gasteiger partial charge in [0.05, 0.1) is 0 Å². The van der Waals surface area contributed by atoms with Gasteiger partial charge in [-0.05, 0) is 19.3 Å². The summed E-state index contributed by atoms with van der Waals surface area (Å²) in [6.07, 6.45) is 4.40. The molecule has 1 fully saturated rings. The SMILES string of the molecule is CCCCNC(=O)c1sc(NC2CC2)nc1N. The number of unbranched alkanes of at least 4 members (excludes halogenated alkanes) is 1. The highest BCUT2D eigenvalue weighted by Gasteiger charge is 2.24. The van der Waals surface area contributed by atoms with Gasteiger partial charge in [-0.25, -0.2) is 4.98 Å². The van der Waals surface area contributed by atoms with Crippen LogP contribution in [0, 0.1) is 0 Å². The van der Waals surface area contributed by atoms with E-state index in [2.05, 4.69) is 22.5 Å². The van der Waals surface area contributed by atoms with Gasteiger partial charge in [-0.2, -0.15) is 0 Å². The molecule has 4 N–H and O–H groups in total. The Balaban J connectivity index is 1.93. The van der Waals surface area contributed by atoms with E-state index >= 15 is 0 Å². The molecule has 1 aliphatic rings. The fourth-order valence-electron chi connectivity index (χ4n) is 1.42. The molecule has 0 atom stereocenters. The van der Waals surface area contributed by atoms with Gasteiger partial charge in [0.15, 0.2) is 5.13 Å². The normalized spacial score (nSPS) is 14.6. The molecule has 0 radical (unpaired) electrons.